The minimum atomic E-state index is -2.95. The normalized spacial score (nSPS) is 23.5. The first kappa shape index (κ1) is 14.9. The van der Waals surface area contributed by atoms with Crippen LogP contribution in [0.25, 0.3) is 0 Å². The predicted octanol–water partition coefficient (Wildman–Crippen LogP) is -1.27. The van der Waals surface area contributed by atoms with Crippen molar-refractivity contribution in [3.8, 4) is 0 Å². The lowest BCUT2D eigenvalue weighted by Gasteiger charge is -2.13. The Kier molecular flexibility index (Phi) is 5.09. The largest absolute Gasteiger partial charge is 0.481 e. The Hall–Kier alpha value is -1.15. The molecule has 2 atom stereocenters. The SMILES string of the molecule is NC(CCC(=O)O)C(=O)NCC1CCS(=O)(=O)C1. The summed E-state index contributed by atoms with van der Waals surface area (Å²) >= 11 is 0. The van der Waals surface area contributed by atoms with Gasteiger partial charge in [-0.2, -0.15) is 0 Å². The summed E-state index contributed by atoms with van der Waals surface area (Å²) in [6, 6.07) is -0.862. The molecule has 1 amide bonds. The van der Waals surface area contributed by atoms with Crippen LogP contribution in [0.4, 0.5) is 0 Å². The van der Waals surface area contributed by atoms with Gasteiger partial charge in [0.25, 0.3) is 0 Å². The van der Waals surface area contributed by atoms with Crippen molar-refractivity contribution >= 4 is 21.7 Å². The van der Waals surface area contributed by atoms with E-state index in [1.807, 2.05) is 0 Å². The Morgan fingerprint density at radius 2 is 2.11 bits per heavy atom. The van der Waals surface area contributed by atoms with E-state index >= 15 is 0 Å². The van der Waals surface area contributed by atoms with Crippen molar-refractivity contribution in [1.82, 2.24) is 5.32 Å². The van der Waals surface area contributed by atoms with Crippen LogP contribution in [-0.4, -0.2) is 49.5 Å². The van der Waals surface area contributed by atoms with E-state index in [2.05, 4.69) is 5.32 Å². The van der Waals surface area contributed by atoms with Gasteiger partial charge in [-0.05, 0) is 18.8 Å². The molecular formula is C10H18N2O5S. The van der Waals surface area contributed by atoms with Gasteiger partial charge < -0.3 is 16.2 Å². The number of amides is 1. The highest BCUT2D eigenvalue weighted by molar-refractivity contribution is 7.91. The minimum absolute atomic E-state index is 0.0642. The van der Waals surface area contributed by atoms with E-state index < -0.39 is 27.8 Å². The number of nitrogens with one attached hydrogen (secondary N) is 1. The van der Waals surface area contributed by atoms with Gasteiger partial charge in [0, 0.05) is 13.0 Å². The number of rotatable bonds is 6. The Bertz CT molecular complexity index is 420. The highest BCUT2D eigenvalue weighted by atomic mass is 32.2. The van der Waals surface area contributed by atoms with Crippen LogP contribution in [0, 0.1) is 5.92 Å². The first-order valence-corrected chi connectivity index (χ1v) is 7.58. The lowest BCUT2D eigenvalue weighted by atomic mass is 10.1. The maximum atomic E-state index is 11.5. The van der Waals surface area contributed by atoms with Crippen LogP contribution in [0.1, 0.15) is 19.3 Å². The van der Waals surface area contributed by atoms with Crippen molar-refractivity contribution in [1.29, 1.82) is 0 Å². The highest BCUT2D eigenvalue weighted by Crippen LogP contribution is 2.17. The predicted molar refractivity (Wildman–Crippen MR) is 64.6 cm³/mol. The summed E-state index contributed by atoms with van der Waals surface area (Å²) in [5.41, 5.74) is 5.51. The maximum Gasteiger partial charge on any atom is 0.303 e. The quantitative estimate of drug-likeness (QED) is 0.556. The molecule has 1 rings (SSSR count). The second-order valence-corrected chi connectivity index (χ2v) is 6.78. The van der Waals surface area contributed by atoms with Crippen molar-refractivity contribution in [2.75, 3.05) is 18.1 Å². The van der Waals surface area contributed by atoms with Gasteiger partial charge in [0.05, 0.1) is 17.5 Å². The van der Waals surface area contributed by atoms with Gasteiger partial charge >= 0.3 is 5.97 Å². The molecule has 0 aromatic rings. The molecule has 8 heteroatoms. The molecule has 0 aromatic carbocycles. The van der Waals surface area contributed by atoms with Crippen LogP contribution in [0.5, 0.6) is 0 Å². The zero-order chi connectivity index (χ0) is 13.8. The smallest absolute Gasteiger partial charge is 0.303 e. The minimum Gasteiger partial charge on any atom is -0.481 e. The zero-order valence-corrected chi connectivity index (χ0v) is 10.8. The molecule has 104 valence electrons. The summed E-state index contributed by atoms with van der Waals surface area (Å²) in [5, 5.41) is 11.0. The number of carboxylic acid groups (broad SMARTS) is 1. The summed E-state index contributed by atoms with van der Waals surface area (Å²) in [6.45, 7) is 0.277. The Labute approximate surface area is 106 Å². The molecule has 7 nitrogen and oxygen atoms in total. The van der Waals surface area contributed by atoms with Gasteiger partial charge in [0.15, 0.2) is 9.84 Å². The van der Waals surface area contributed by atoms with E-state index in [4.69, 9.17) is 10.8 Å². The van der Waals surface area contributed by atoms with Crippen LogP contribution in [0.2, 0.25) is 0 Å². The van der Waals surface area contributed by atoms with Gasteiger partial charge in [-0.25, -0.2) is 8.42 Å². The molecule has 2 unspecified atom stereocenters. The van der Waals surface area contributed by atoms with Crippen LogP contribution in [0.15, 0.2) is 0 Å². The van der Waals surface area contributed by atoms with Crippen LogP contribution >= 0.6 is 0 Å². The van der Waals surface area contributed by atoms with Crippen LogP contribution in [-0.2, 0) is 19.4 Å². The molecule has 0 radical (unpaired) electrons. The average molecular weight is 278 g/mol. The highest BCUT2D eigenvalue weighted by Gasteiger charge is 2.28. The van der Waals surface area contributed by atoms with Crippen LogP contribution in [0.3, 0.4) is 0 Å². The number of hydrogen-bond acceptors (Lipinski definition) is 5. The topological polar surface area (TPSA) is 127 Å². The Morgan fingerprint density at radius 1 is 1.44 bits per heavy atom. The van der Waals surface area contributed by atoms with Crippen molar-refractivity contribution in [2.24, 2.45) is 11.7 Å². The zero-order valence-electron chi connectivity index (χ0n) is 9.96. The van der Waals surface area contributed by atoms with Crippen molar-refractivity contribution in [3.63, 3.8) is 0 Å². The molecule has 1 fully saturated rings. The number of carbonyl (C=O) groups excluding carboxylic acids is 1. The monoisotopic (exact) mass is 278 g/mol. The lowest BCUT2D eigenvalue weighted by molar-refractivity contribution is -0.137. The standard InChI is InChI=1S/C10H18N2O5S/c11-8(1-2-9(13)14)10(15)12-5-7-3-4-18(16,17)6-7/h7-8H,1-6,11H2,(H,12,15)(H,13,14). The number of nitrogens with two attached hydrogens (primary N) is 1. The summed E-state index contributed by atoms with van der Waals surface area (Å²) in [6.07, 6.45) is 0.462. The third-order valence-corrected chi connectivity index (χ3v) is 4.73. The first-order valence-electron chi connectivity index (χ1n) is 5.75. The molecule has 0 bridgehead atoms. The molecule has 0 aromatic heterocycles. The van der Waals surface area contributed by atoms with Crippen LogP contribution < -0.4 is 11.1 Å². The van der Waals surface area contributed by atoms with E-state index in [1.165, 1.54) is 0 Å². The molecule has 4 N–H and O–H groups in total. The van der Waals surface area contributed by atoms with Gasteiger partial charge in [0.1, 0.15) is 0 Å². The maximum absolute atomic E-state index is 11.5. The fourth-order valence-electron chi connectivity index (χ4n) is 1.82. The number of hydrogen-bond donors (Lipinski definition) is 3. The van der Waals surface area contributed by atoms with Gasteiger partial charge in [-0.15, -0.1) is 0 Å². The van der Waals surface area contributed by atoms with E-state index in [1.54, 1.807) is 0 Å². The molecule has 18 heavy (non-hydrogen) atoms. The van der Waals surface area contributed by atoms with E-state index in [0.717, 1.165) is 0 Å². The third-order valence-electron chi connectivity index (χ3n) is 2.90. The Balaban J connectivity index is 2.27. The average Bonchev–Trinajstić information content (AvgIpc) is 2.62. The number of sulfone groups is 1. The molecule has 1 aliphatic rings. The molecule has 0 spiro atoms. The summed E-state index contributed by atoms with van der Waals surface area (Å²) < 4.78 is 22.4. The molecule has 1 saturated heterocycles. The van der Waals surface area contributed by atoms with Gasteiger partial charge in [0.2, 0.25) is 5.91 Å². The summed E-state index contributed by atoms with van der Waals surface area (Å²) in [7, 11) is -2.95. The molecule has 1 heterocycles. The van der Waals surface area contributed by atoms with Gasteiger partial charge in [-0.3, -0.25) is 9.59 Å². The van der Waals surface area contributed by atoms with Crippen molar-refractivity contribution in [3.05, 3.63) is 0 Å². The second kappa shape index (κ2) is 6.14. The van der Waals surface area contributed by atoms with E-state index in [9.17, 15) is 18.0 Å². The molecule has 1 aliphatic heterocycles. The summed E-state index contributed by atoms with van der Waals surface area (Å²) in [4.78, 5) is 21.8. The Morgan fingerprint density at radius 3 is 2.61 bits per heavy atom. The van der Waals surface area contributed by atoms with Crippen molar-refractivity contribution in [2.45, 2.75) is 25.3 Å². The van der Waals surface area contributed by atoms with E-state index in [0.29, 0.717) is 6.42 Å². The first-order chi connectivity index (χ1) is 8.30. The molecular weight excluding hydrogens is 260 g/mol. The second-order valence-electron chi connectivity index (χ2n) is 4.55. The fourth-order valence-corrected chi connectivity index (χ4v) is 3.68. The lowest BCUT2D eigenvalue weighted by Crippen LogP contribution is -2.42. The summed E-state index contributed by atoms with van der Waals surface area (Å²) in [5.74, 6) is -1.23. The number of carbonyl (C=O) groups is 2. The number of aliphatic carboxylic acids is 1. The third kappa shape index (κ3) is 5.01. The molecule has 0 saturated carbocycles. The van der Waals surface area contributed by atoms with Gasteiger partial charge in [-0.1, -0.05) is 0 Å². The van der Waals surface area contributed by atoms with E-state index in [-0.39, 0.29) is 36.8 Å². The van der Waals surface area contributed by atoms with Crippen molar-refractivity contribution < 1.29 is 23.1 Å². The number of carboxylic acids is 1. The fraction of sp³-hybridized carbons (Fsp3) is 0.800. The molecule has 0 aliphatic carbocycles.